The van der Waals surface area contributed by atoms with Crippen molar-refractivity contribution in [2.75, 3.05) is 37.6 Å². The van der Waals surface area contributed by atoms with Gasteiger partial charge in [-0.3, -0.25) is 4.57 Å². The molecule has 1 saturated carbocycles. The Bertz CT molecular complexity index is 1470. The van der Waals surface area contributed by atoms with Crippen LogP contribution in [0.2, 0.25) is 0 Å². The third kappa shape index (κ3) is 4.71. The van der Waals surface area contributed by atoms with Crippen molar-refractivity contribution in [1.82, 2.24) is 9.47 Å². The van der Waals surface area contributed by atoms with Gasteiger partial charge >= 0.3 is 5.76 Å². The number of anilines is 1. The molecule has 0 radical (unpaired) electrons. The smallest absolute Gasteiger partial charge is 0.416 e. The highest BCUT2D eigenvalue weighted by molar-refractivity contribution is 5.51. The number of nitriles is 1. The maximum Gasteiger partial charge on any atom is 0.419 e. The van der Waals surface area contributed by atoms with Crippen molar-refractivity contribution in [2.45, 2.75) is 43.7 Å². The Kier molecular flexibility index (Phi) is 7.21. The number of aromatic nitrogens is 1. The fourth-order valence-electron chi connectivity index (χ4n) is 7.60. The zero-order valence-corrected chi connectivity index (χ0v) is 22.6. The molecular weight excluding hydrogens is 505 g/mol. The average molecular weight is 540 g/mol. The van der Waals surface area contributed by atoms with Gasteiger partial charge in [-0.25, -0.2) is 15.8 Å². The minimum absolute atomic E-state index is 0.0767. The van der Waals surface area contributed by atoms with E-state index in [0.717, 1.165) is 76.1 Å². The molecule has 3 fully saturated rings. The van der Waals surface area contributed by atoms with Crippen LogP contribution in [0.15, 0.2) is 70.2 Å². The molecule has 3 aromatic rings. The second kappa shape index (κ2) is 10.9. The molecule has 3 heterocycles. The molecule has 6 rings (SSSR count). The molecule has 0 spiro atoms. The van der Waals surface area contributed by atoms with Gasteiger partial charge in [-0.05, 0) is 75.2 Å². The molecule has 2 aromatic carbocycles. The number of hydrogen-bond acceptors (Lipinski definition) is 5. The number of rotatable bonds is 7. The molecule has 0 N–H and O–H groups in total. The van der Waals surface area contributed by atoms with Crippen LogP contribution in [0.4, 0.5) is 10.1 Å². The minimum Gasteiger partial charge on any atom is -0.416 e. The van der Waals surface area contributed by atoms with Crippen LogP contribution in [-0.4, -0.2) is 42.2 Å². The van der Waals surface area contributed by atoms with Crippen molar-refractivity contribution >= 4 is 5.69 Å². The minimum atomic E-state index is -0.894. The Labute approximate surface area is 234 Å². The fourth-order valence-corrected chi connectivity index (χ4v) is 7.60. The highest BCUT2D eigenvalue weighted by atomic mass is 19.1. The number of nitrogens with zero attached hydrogens (tertiary/aromatic N) is 5. The number of oxazole rings is 1. The van der Waals surface area contributed by atoms with Crippen LogP contribution in [0.3, 0.4) is 0 Å². The van der Waals surface area contributed by atoms with Crippen LogP contribution in [0.5, 0.6) is 0 Å². The van der Waals surface area contributed by atoms with Gasteiger partial charge in [-0.2, -0.15) is 5.26 Å². The summed E-state index contributed by atoms with van der Waals surface area (Å²) in [6.07, 6.45) is 7.41. The zero-order valence-electron chi connectivity index (χ0n) is 22.6. The zero-order chi connectivity index (χ0) is 27.7. The molecule has 1 aliphatic carbocycles. The Morgan fingerprint density at radius 1 is 1.10 bits per heavy atom. The molecule has 40 heavy (non-hydrogen) atoms. The first-order chi connectivity index (χ1) is 19.5. The maximum atomic E-state index is 14.6. The Hall–Kier alpha value is -3.88. The van der Waals surface area contributed by atoms with Crippen molar-refractivity contribution in [3.8, 4) is 6.07 Å². The van der Waals surface area contributed by atoms with Gasteiger partial charge < -0.3 is 19.1 Å². The summed E-state index contributed by atoms with van der Waals surface area (Å²) >= 11 is 0. The molecule has 8 heteroatoms. The van der Waals surface area contributed by atoms with E-state index in [9.17, 15) is 9.18 Å². The van der Waals surface area contributed by atoms with E-state index < -0.39 is 5.54 Å². The van der Waals surface area contributed by atoms with Crippen LogP contribution in [-0.2, 0) is 5.54 Å². The van der Waals surface area contributed by atoms with Gasteiger partial charge in [-0.15, -0.1) is 0 Å². The molecule has 7 nitrogen and oxygen atoms in total. The third-order valence-corrected chi connectivity index (χ3v) is 9.52. The number of benzene rings is 2. The number of likely N-dealkylation sites (tertiary alicyclic amines) is 1. The first-order valence-corrected chi connectivity index (χ1v) is 14.3. The Morgan fingerprint density at radius 3 is 2.52 bits per heavy atom. The van der Waals surface area contributed by atoms with E-state index in [1.54, 1.807) is 22.9 Å². The second-order valence-electron chi connectivity index (χ2n) is 11.6. The number of hydrogen-bond donors (Lipinski definition) is 0. The molecule has 3 aliphatic rings. The van der Waals surface area contributed by atoms with Gasteiger partial charge in [0.1, 0.15) is 12.1 Å². The normalized spacial score (nSPS) is 23.7. The van der Waals surface area contributed by atoms with Gasteiger partial charge in [0.25, 0.3) is 5.54 Å². The quantitative estimate of drug-likeness (QED) is 0.373. The molecule has 1 aromatic heterocycles. The Morgan fingerprint density at radius 2 is 1.88 bits per heavy atom. The van der Waals surface area contributed by atoms with Gasteiger partial charge in [0.15, 0.2) is 0 Å². The van der Waals surface area contributed by atoms with E-state index in [4.69, 9.17) is 16.3 Å². The number of piperidine rings is 1. The van der Waals surface area contributed by atoms with Crippen LogP contribution in [0, 0.1) is 41.5 Å². The molecular formula is C32H34FN5O2. The lowest BCUT2D eigenvalue weighted by molar-refractivity contribution is 0.0861. The van der Waals surface area contributed by atoms with E-state index in [1.165, 1.54) is 12.3 Å². The summed E-state index contributed by atoms with van der Waals surface area (Å²) in [5, 5.41) is 9.03. The standard InChI is InChI=1S/C32H34FN5O2/c1-35-32(26-4-2-5-27(33)18-26,29-6-3-7-30(29)38-16-17-40-31(38)39)25-12-14-36(15-13-25)20-24-21-37(22-24)28-10-8-23(19-34)9-11-28/h2,4-5,8-11,16-18,24-25,29-30H,3,6-7,12-15,20-22H2/t29-,30-,32+/m0/s1. The van der Waals surface area contributed by atoms with Crippen molar-refractivity contribution in [2.24, 2.45) is 17.8 Å². The van der Waals surface area contributed by atoms with Crippen LogP contribution in [0.1, 0.15) is 49.3 Å². The van der Waals surface area contributed by atoms with Crippen LogP contribution in [0.25, 0.3) is 4.85 Å². The lowest BCUT2D eigenvalue weighted by Crippen LogP contribution is -2.53. The van der Waals surface area contributed by atoms with Gasteiger partial charge in [0.05, 0.1) is 23.6 Å². The van der Waals surface area contributed by atoms with E-state index in [1.807, 2.05) is 30.3 Å². The molecule has 0 unspecified atom stereocenters. The van der Waals surface area contributed by atoms with E-state index in [2.05, 4.69) is 20.7 Å². The largest absolute Gasteiger partial charge is 0.419 e. The first-order valence-electron chi connectivity index (χ1n) is 14.3. The summed E-state index contributed by atoms with van der Waals surface area (Å²) in [4.78, 5) is 21.7. The molecule has 3 atom stereocenters. The maximum absolute atomic E-state index is 14.6. The molecule has 2 saturated heterocycles. The van der Waals surface area contributed by atoms with Crippen molar-refractivity contribution in [3.63, 3.8) is 0 Å². The second-order valence-corrected chi connectivity index (χ2v) is 11.6. The molecule has 2 aliphatic heterocycles. The average Bonchev–Trinajstić information content (AvgIpc) is 3.61. The number of halogens is 1. The van der Waals surface area contributed by atoms with Gasteiger partial charge in [0, 0.05) is 48.9 Å². The van der Waals surface area contributed by atoms with Crippen molar-refractivity contribution in [3.05, 3.63) is 99.9 Å². The van der Waals surface area contributed by atoms with Crippen molar-refractivity contribution < 1.29 is 8.81 Å². The van der Waals surface area contributed by atoms with Crippen LogP contribution < -0.4 is 10.7 Å². The van der Waals surface area contributed by atoms with E-state index in [0.29, 0.717) is 11.5 Å². The van der Waals surface area contributed by atoms with Crippen molar-refractivity contribution in [1.29, 1.82) is 5.26 Å². The highest BCUT2D eigenvalue weighted by Gasteiger charge is 2.58. The summed E-state index contributed by atoms with van der Waals surface area (Å²) in [5.41, 5.74) is 1.69. The summed E-state index contributed by atoms with van der Waals surface area (Å²) in [6.45, 7) is 13.4. The first kappa shape index (κ1) is 26.3. The molecule has 206 valence electrons. The monoisotopic (exact) mass is 539 g/mol. The predicted molar refractivity (Wildman–Crippen MR) is 150 cm³/mol. The molecule has 0 amide bonds. The predicted octanol–water partition coefficient (Wildman–Crippen LogP) is 5.46. The highest BCUT2D eigenvalue weighted by Crippen LogP contribution is 2.54. The summed E-state index contributed by atoms with van der Waals surface area (Å²) < 4.78 is 21.3. The summed E-state index contributed by atoms with van der Waals surface area (Å²) in [5.74, 6) is -0.137. The Balaban J connectivity index is 1.17. The summed E-state index contributed by atoms with van der Waals surface area (Å²) in [6, 6.07) is 16.4. The lowest BCUT2D eigenvalue weighted by Gasteiger charge is -2.46. The van der Waals surface area contributed by atoms with E-state index in [-0.39, 0.29) is 29.5 Å². The lowest BCUT2D eigenvalue weighted by atomic mass is 9.65. The van der Waals surface area contributed by atoms with Gasteiger partial charge in [0.2, 0.25) is 0 Å². The van der Waals surface area contributed by atoms with Gasteiger partial charge in [-0.1, -0.05) is 18.6 Å². The third-order valence-electron chi connectivity index (χ3n) is 9.52. The van der Waals surface area contributed by atoms with E-state index >= 15 is 0 Å². The topological polar surface area (TPSA) is 69.8 Å². The SMILES string of the molecule is [C-]#[N+][C@@](c1cccc(F)c1)(C1CCN(CC2CN(c3ccc(C#N)cc3)C2)CC1)[C@H]1CCC[C@@H]1n1ccoc1=O. The molecule has 0 bridgehead atoms. The fraction of sp³-hybridized carbons (Fsp3) is 0.469. The summed E-state index contributed by atoms with van der Waals surface area (Å²) in [7, 11) is 0. The van der Waals surface area contributed by atoms with Crippen LogP contribution >= 0.6 is 0 Å².